The Morgan fingerprint density at radius 1 is 1.23 bits per heavy atom. The van der Waals surface area contributed by atoms with E-state index >= 15 is 0 Å². The molecule has 3 aromatic rings. The van der Waals surface area contributed by atoms with Crippen LogP contribution in [0.15, 0.2) is 48.5 Å². The molecular weight excluding hydrogens is 368 g/mol. The number of para-hydroxylation sites is 1. The number of amides is 1. The first-order valence-corrected chi connectivity index (χ1v) is 9.90. The predicted octanol–water partition coefficient (Wildman–Crippen LogP) is 4.73. The number of likely N-dealkylation sites (tertiary alicyclic amines) is 1. The molecule has 1 unspecified atom stereocenters. The molecule has 1 amide bonds. The van der Waals surface area contributed by atoms with Crippen LogP contribution >= 0.6 is 22.9 Å². The number of piperidine rings is 1. The number of hydrogen-bond acceptors (Lipinski definition) is 4. The minimum absolute atomic E-state index is 0.0192. The Labute approximate surface area is 161 Å². The van der Waals surface area contributed by atoms with E-state index in [1.54, 1.807) is 35.6 Å². The number of fused-ring (bicyclic) bond motifs is 1. The molecule has 0 radical (unpaired) electrons. The first-order chi connectivity index (χ1) is 12.7. The fourth-order valence-corrected chi connectivity index (χ4v) is 4.46. The van der Waals surface area contributed by atoms with Gasteiger partial charge < -0.3 is 9.64 Å². The van der Waals surface area contributed by atoms with Crippen molar-refractivity contribution in [3.8, 4) is 5.75 Å². The fraction of sp³-hybridized carbons (Fsp3) is 0.300. The molecule has 4 nitrogen and oxygen atoms in total. The van der Waals surface area contributed by atoms with E-state index in [0.29, 0.717) is 23.2 Å². The van der Waals surface area contributed by atoms with Gasteiger partial charge in [0.05, 0.1) is 15.2 Å². The molecule has 2 aromatic carbocycles. The summed E-state index contributed by atoms with van der Waals surface area (Å²) in [6.45, 7) is 1.54. The van der Waals surface area contributed by atoms with E-state index in [1.807, 2.05) is 23.1 Å². The van der Waals surface area contributed by atoms with Gasteiger partial charge in [-0.1, -0.05) is 23.7 Å². The maximum absolute atomic E-state index is 12.5. The number of halogens is 1. The summed E-state index contributed by atoms with van der Waals surface area (Å²) < 4.78 is 6.81. The van der Waals surface area contributed by atoms with Crippen molar-refractivity contribution < 1.29 is 9.53 Å². The van der Waals surface area contributed by atoms with Crippen LogP contribution in [0.3, 0.4) is 0 Å². The van der Waals surface area contributed by atoms with Gasteiger partial charge in [0.25, 0.3) is 5.91 Å². The van der Waals surface area contributed by atoms with Crippen LogP contribution in [0.25, 0.3) is 10.2 Å². The van der Waals surface area contributed by atoms with Crippen molar-refractivity contribution >= 4 is 39.1 Å². The van der Waals surface area contributed by atoms with E-state index in [4.69, 9.17) is 21.3 Å². The molecule has 1 fully saturated rings. The second kappa shape index (κ2) is 7.64. The highest BCUT2D eigenvalue weighted by atomic mass is 35.5. The number of hydrogen-bond donors (Lipinski definition) is 0. The number of nitrogens with zero attached hydrogens (tertiary/aromatic N) is 2. The largest absolute Gasteiger partial charge is 0.484 e. The summed E-state index contributed by atoms with van der Waals surface area (Å²) in [7, 11) is 0. The van der Waals surface area contributed by atoms with Crippen molar-refractivity contribution in [3.05, 3.63) is 58.6 Å². The van der Waals surface area contributed by atoms with Crippen LogP contribution in [-0.4, -0.2) is 35.5 Å². The van der Waals surface area contributed by atoms with Gasteiger partial charge in [-0.15, -0.1) is 11.3 Å². The highest BCUT2D eigenvalue weighted by Gasteiger charge is 2.27. The molecule has 4 rings (SSSR count). The Morgan fingerprint density at radius 2 is 2.04 bits per heavy atom. The minimum atomic E-state index is 0.0192. The lowest BCUT2D eigenvalue weighted by molar-refractivity contribution is -0.134. The summed E-state index contributed by atoms with van der Waals surface area (Å²) >= 11 is 7.60. The van der Waals surface area contributed by atoms with Gasteiger partial charge in [0, 0.05) is 24.0 Å². The van der Waals surface area contributed by atoms with Crippen molar-refractivity contribution in [2.75, 3.05) is 19.7 Å². The molecule has 1 aliphatic heterocycles. The Morgan fingerprint density at radius 3 is 2.85 bits per heavy atom. The van der Waals surface area contributed by atoms with Crippen LogP contribution in [0.2, 0.25) is 5.02 Å². The molecule has 134 valence electrons. The fourth-order valence-electron chi connectivity index (χ4n) is 3.24. The first-order valence-electron chi connectivity index (χ1n) is 8.70. The average molecular weight is 387 g/mol. The molecular formula is C20H19ClN2O2S. The van der Waals surface area contributed by atoms with E-state index in [2.05, 4.69) is 6.07 Å². The Bertz CT molecular complexity index is 877. The van der Waals surface area contributed by atoms with Crippen LogP contribution in [0, 0.1) is 0 Å². The third-order valence-corrected chi connectivity index (χ3v) is 6.06. The molecule has 1 aliphatic rings. The third kappa shape index (κ3) is 3.84. The van der Waals surface area contributed by atoms with Gasteiger partial charge in [-0.3, -0.25) is 4.79 Å². The number of carbonyl (C=O) groups is 1. The van der Waals surface area contributed by atoms with Gasteiger partial charge in [0.2, 0.25) is 0 Å². The maximum atomic E-state index is 12.5. The zero-order valence-electron chi connectivity index (χ0n) is 14.2. The Hall–Kier alpha value is -2.11. The second-order valence-electron chi connectivity index (χ2n) is 6.44. The summed E-state index contributed by atoms with van der Waals surface area (Å²) in [5.41, 5.74) is 1.04. The lowest BCUT2D eigenvalue weighted by Crippen LogP contribution is -2.41. The summed E-state index contributed by atoms with van der Waals surface area (Å²) in [4.78, 5) is 19.2. The molecule has 0 aliphatic carbocycles. The highest BCUT2D eigenvalue weighted by molar-refractivity contribution is 7.18. The van der Waals surface area contributed by atoms with E-state index in [1.165, 1.54) is 4.70 Å². The number of carbonyl (C=O) groups excluding carboxylic acids is 1. The Balaban J connectivity index is 1.39. The van der Waals surface area contributed by atoms with Gasteiger partial charge in [0.1, 0.15) is 5.75 Å². The van der Waals surface area contributed by atoms with Crippen molar-refractivity contribution in [3.63, 3.8) is 0 Å². The molecule has 1 saturated heterocycles. The van der Waals surface area contributed by atoms with Crippen LogP contribution in [0.1, 0.15) is 23.8 Å². The average Bonchev–Trinajstić information content (AvgIpc) is 3.12. The molecule has 0 spiro atoms. The molecule has 26 heavy (non-hydrogen) atoms. The zero-order valence-corrected chi connectivity index (χ0v) is 15.8. The smallest absolute Gasteiger partial charge is 0.260 e. The summed E-state index contributed by atoms with van der Waals surface area (Å²) in [5.74, 6) is 0.980. The van der Waals surface area contributed by atoms with Crippen molar-refractivity contribution in [1.29, 1.82) is 0 Å². The van der Waals surface area contributed by atoms with Gasteiger partial charge in [-0.25, -0.2) is 4.98 Å². The second-order valence-corrected chi connectivity index (χ2v) is 7.94. The third-order valence-electron chi connectivity index (χ3n) is 4.61. The van der Waals surface area contributed by atoms with Crippen LogP contribution in [0.5, 0.6) is 5.75 Å². The van der Waals surface area contributed by atoms with Gasteiger partial charge in [-0.2, -0.15) is 0 Å². The normalized spacial score (nSPS) is 17.4. The molecule has 2 heterocycles. The number of aromatic nitrogens is 1. The first kappa shape index (κ1) is 17.3. The van der Waals surface area contributed by atoms with E-state index in [0.717, 1.165) is 29.9 Å². The molecule has 0 N–H and O–H groups in total. The van der Waals surface area contributed by atoms with Crippen molar-refractivity contribution in [2.45, 2.75) is 18.8 Å². The van der Waals surface area contributed by atoms with Gasteiger partial charge in [-0.05, 0) is 49.2 Å². The number of thiazole rings is 1. The summed E-state index contributed by atoms with van der Waals surface area (Å²) in [5, 5.41) is 1.78. The lowest BCUT2D eigenvalue weighted by atomic mass is 9.99. The number of benzene rings is 2. The van der Waals surface area contributed by atoms with Crippen LogP contribution in [0.4, 0.5) is 0 Å². The van der Waals surface area contributed by atoms with Crippen molar-refractivity contribution in [2.24, 2.45) is 0 Å². The van der Waals surface area contributed by atoms with E-state index < -0.39 is 0 Å². The van der Waals surface area contributed by atoms with E-state index in [9.17, 15) is 4.79 Å². The summed E-state index contributed by atoms with van der Waals surface area (Å²) in [6, 6.07) is 15.2. The quantitative estimate of drug-likeness (QED) is 0.650. The zero-order chi connectivity index (χ0) is 17.9. The van der Waals surface area contributed by atoms with Crippen LogP contribution in [-0.2, 0) is 4.79 Å². The standard InChI is InChI=1S/C20H19ClN2O2S/c21-15-7-9-16(10-8-15)25-13-19(24)23-11-3-4-14(12-23)20-22-17-5-1-2-6-18(17)26-20/h1-2,5-10,14H,3-4,11-13H2. The predicted molar refractivity (Wildman–Crippen MR) is 105 cm³/mol. The topological polar surface area (TPSA) is 42.4 Å². The molecule has 0 bridgehead atoms. The monoisotopic (exact) mass is 386 g/mol. The van der Waals surface area contributed by atoms with E-state index in [-0.39, 0.29) is 12.5 Å². The van der Waals surface area contributed by atoms with Gasteiger partial charge >= 0.3 is 0 Å². The molecule has 6 heteroatoms. The number of rotatable bonds is 4. The highest BCUT2D eigenvalue weighted by Crippen LogP contribution is 2.33. The minimum Gasteiger partial charge on any atom is -0.484 e. The number of ether oxygens (including phenoxy) is 1. The SMILES string of the molecule is O=C(COc1ccc(Cl)cc1)N1CCCC(c2nc3ccccc3s2)C1. The maximum Gasteiger partial charge on any atom is 0.260 e. The lowest BCUT2D eigenvalue weighted by Gasteiger charge is -2.31. The summed E-state index contributed by atoms with van der Waals surface area (Å²) in [6.07, 6.45) is 2.06. The van der Waals surface area contributed by atoms with Crippen LogP contribution < -0.4 is 4.74 Å². The van der Waals surface area contributed by atoms with Crippen molar-refractivity contribution in [1.82, 2.24) is 9.88 Å². The molecule has 0 saturated carbocycles. The molecule has 1 atom stereocenters. The van der Waals surface area contributed by atoms with Gasteiger partial charge in [0.15, 0.2) is 6.61 Å². The Kier molecular flexibility index (Phi) is 5.09. The molecule has 1 aromatic heterocycles.